The number of nitrogens with one attached hydrogen (secondary N) is 2. The first-order valence-electron chi connectivity index (χ1n) is 7.29. The molecule has 2 N–H and O–H groups in total. The van der Waals surface area contributed by atoms with E-state index in [0.717, 1.165) is 19.4 Å². The van der Waals surface area contributed by atoms with Gasteiger partial charge in [0, 0.05) is 17.6 Å². The van der Waals surface area contributed by atoms with Gasteiger partial charge < -0.3 is 10.6 Å². The molecule has 0 radical (unpaired) electrons. The van der Waals surface area contributed by atoms with Crippen molar-refractivity contribution < 1.29 is 13.2 Å². The second-order valence-corrected chi connectivity index (χ2v) is 7.76. The Morgan fingerprint density at radius 3 is 2.57 bits per heavy atom. The third-order valence-electron chi connectivity index (χ3n) is 3.81. The van der Waals surface area contributed by atoms with Crippen molar-refractivity contribution in [1.29, 1.82) is 0 Å². The molecule has 1 aliphatic rings. The van der Waals surface area contributed by atoms with E-state index in [-0.39, 0.29) is 22.6 Å². The van der Waals surface area contributed by atoms with Gasteiger partial charge in [0.25, 0.3) is 5.91 Å². The summed E-state index contributed by atoms with van der Waals surface area (Å²) in [4.78, 5) is 12.4. The fourth-order valence-electron chi connectivity index (χ4n) is 2.51. The Hall–Kier alpha value is -1.40. The lowest BCUT2D eigenvalue weighted by molar-refractivity contribution is 0.0925. The molecule has 1 aliphatic heterocycles. The largest absolute Gasteiger partial charge is 0.349 e. The summed E-state index contributed by atoms with van der Waals surface area (Å²) < 4.78 is 23.5. The van der Waals surface area contributed by atoms with Crippen LogP contribution in [0.1, 0.15) is 37.0 Å². The Bertz CT molecular complexity index is 596. The molecule has 2 rings (SSSR count). The molecular weight excluding hydrogens is 288 g/mol. The predicted octanol–water partition coefficient (Wildman–Crippen LogP) is 1.35. The zero-order valence-electron chi connectivity index (χ0n) is 12.4. The van der Waals surface area contributed by atoms with Crippen LogP contribution in [0.2, 0.25) is 0 Å². The number of carbonyl (C=O) groups is 1. The summed E-state index contributed by atoms with van der Waals surface area (Å²) in [5.74, 6) is -0.0829. The van der Waals surface area contributed by atoms with Crippen LogP contribution < -0.4 is 10.6 Å². The molecule has 1 fully saturated rings. The van der Waals surface area contributed by atoms with Crippen LogP contribution in [0.25, 0.3) is 0 Å². The predicted molar refractivity (Wildman–Crippen MR) is 82.1 cm³/mol. The maximum Gasteiger partial charge on any atom is 0.251 e. The molecule has 21 heavy (non-hydrogen) atoms. The second kappa shape index (κ2) is 6.58. The molecular formula is C15H22N2O3S. The molecule has 0 aromatic heterocycles. The summed E-state index contributed by atoms with van der Waals surface area (Å²) in [6.07, 6.45) is 1.83. The van der Waals surface area contributed by atoms with Crippen molar-refractivity contribution in [3.63, 3.8) is 0 Å². The van der Waals surface area contributed by atoms with E-state index < -0.39 is 9.84 Å². The molecule has 1 heterocycles. The van der Waals surface area contributed by atoms with Crippen molar-refractivity contribution in [2.75, 3.05) is 12.3 Å². The van der Waals surface area contributed by atoms with Crippen molar-refractivity contribution in [1.82, 2.24) is 10.6 Å². The summed E-state index contributed by atoms with van der Waals surface area (Å²) in [6.45, 7) is 4.61. The smallest absolute Gasteiger partial charge is 0.251 e. The van der Waals surface area contributed by atoms with E-state index in [1.54, 1.807) is 19.1 Å². The van der Waals surface area contributed by atoms with Gasteiger partial charge in [-0.3, -0.25) is 4.79 Å². The highest BCUT2D eigenvalue weighted by molar-refractivity contribution is 7.91. The highest BCUT2D eigenvalue weighted by atomic mass is 32.2. The standard InChI is InChI=1S/C15H22N2O3S/c1-3-21(19,20)14-6-4-12(5-7-14)15(18)17-13-8-9-16-11(2)10-13/h4-7,11,13,16H,3,8-10H2,1-2H3,(H,17,18). The monoisotopic (exact) mass is 310 g/mol. The first kappa shape index (κ1) is 16.0. The summed E-state index contributed by atoms with van der Waals surface area (Å²) in [6, 6.07) is 6.72. The minimum Gasteiger partial charge on any atom is -0.349 e. The number of piperidine rings is 1. The normalized spacial score (nSPS) is 22.8. The van der Waals surface area contributed by atoms with Crippen LogP contribution in [0.15, 0.2) is 29.2 Å². The third kappa shape index (κ3) is 4.04. The molecule has 0 spiro atoms. The summed E-state index contributed by atoms with van der Waals surface area (Å²) in [7, 11) is -3.22. The number of hydrogen-bond donors (Lipinski definition) is 2. The molecule has 5 nitrogen and oxygen atoms in total. The van der Waals surface area contributed by atoms with Crippen molar-refractivity contribution in [3.8, 4) is 0 Å². The fraction of sp³-hybridized carbons (Fsp3) is 0.533. The molecule has 0 aliphatic carbocycles. The Kier molecular flexibility index (Phi) is 5.00. The van der Waals surface area contributed by atoms with Crippen LogP contribution in [-0.2, 0) is 9.84 Å². The Labute approximate surface area is 126 Å². The van der Waals surface area contributed by atoms with Crippen LogP contribution >= 0.6 is 0 Å². The van der Waals surface area contributed by atoms with Crippen molar-refractivity contribution >= 4 is 15.7 Å². The topological polar surface area (TPSA) is 75.3 Å². The minimum atomic E-state index is -3.22. The number of benzene rings is 1. The van der Waals surface area contributed by atoms with Crippen molar-refractivity contribution in [2.24, 2.45) is 0 Å². The van der Waals surface area contributed by atoms with E-state index in [9.17, 15) is 13.2 Å². The van der Waals surface area contributed by atoms with E-state index in [1.165, 1.54) is 12.1 Å². The van der Waals surface area contributed by atoms with E-state index in [2.05, 4.69) is 17.6 Å². The van der Waals surface area contributed by atoms with Gasteiger partial charge in [-0.1, -0.05) is 6.92 Å². The molecule has 2 unspecified atom stereocenters. The zero-order chi connectivity index (χ0) is 15.5. The van der Waals surface area contributed by atoms with Gasteiger partial charge in [-0.05, 0) is 50.6 Å². The van der Waals surface area contributed by atoms with E-state index in [1.807, 2.05) is 0 Å². The average Bonchev–Trinajstić information content (AvgIpc) is 2.47. The van der Waals surface area contributed by atoms with Crippen LogP contribution in [-0.4, -0.2) is 38.7 Å². The van der Waals surface area contributed by atoms with Gasteiger partial charge in [0.05, 0.1) is 10.6 Å². The lowest BCUT2D eigenvalue weighted by Gasteiger charge is -2.28. The highest BCUT2D eigenvalue weighted by Gasteiger charge is 2.20. The molecule has 1 amide bonds. The zero-order valence-corrected chi connectivity index (χ0v) is 13.2. The maximum atomic E-state index is 12.2. The summed E-state index contributed by atoms with van der Waals surface area (Å²) in [5.41, 5.74) is 0.497. The third-order valence-corrected chi connectivity index (χ3v) is 5.57. The number of amides is 1. The molecule has 1 aromatic carbocycles. The quantitative estimate of drug-likeness (QED) is 0.880. The van der Waals surface area contributed by atoms with Crippen LogP contribution in [0.4, 0.5) is 0 Å². The van der Waals surface area contributed by atoms with Crippen LogP contribution in [0.5, 0.6) is 0 Å². The lowest BCUT2D eigenvalue weighted by Crippen LogP contribution is -2.46. The van der Waals surface area contributed by atoms with Crippen molar-refractivity contribution in [2.45, 2.75) is 43.7 Å². The highest BCUT2D eigenvalue weighted by Crippen LogP contribution is 2.14. The SMILES string of the molecule is CCS(=O)(=O)c1ccc(C(=O)NC2CCNC(C)C2)cc1. The molecule has 1 aromatic rings. The lowest BCUT2D eigenvalue weighted by atomic mass is 10.0. The molecule has 2 atom stereocenters. The number of rotatable bonds is 4. The Morgan fingerprint density at radius 2 is 2.00 bits per heavy atom. The molecule has 116 valence electrons. The summed E-state index contributed by atoms with van der Waals surface area (Å²) >= 11 is 0. The summed E-state index contributed by atoms with van der Waals surface area (Å²) in [5, 5.41) is 6.35. The maximum absolute atomic E-state index is 12.2. The van der Waals surface area contributed by atoms with E-state index in [4.69, 9.17) is 0 Å². The van der Waals surface area contributed by atoms with Gasteiger partial charge in [0.15, 0.2) is 9.84 Å². The van der Waals surface area contributed by atoms with Gasteiger partial charge in [-0.25, -0.2) is 8.42 Å². The molecule has 6 heteroatoms. The van der Waals surface area contributed by atoms with Crippen molar-refractivity contribution in [3.05, 3.63) is 29.8 Å². The number of sulfone groups is 1. The van der Waals surface area contributed by atoms with Gasteiger partial charge in [-0.2, -0.15) is 0 Å². The van der Waals surface area contributed by atoms with Gasteiger partial charge in [-0.15, -0.1) is 0 Å². The second-order valence-electron chi connectivity index (χ2n) is 5.48. The number of carbonyl (C=O) groups excluding carboxylic acids is 1. The average molecular weight is 310 g/mol. The molecule has 0 saturated carbocycles. The molecule has 1 saturated heterocycles. The van der Waals surface area contributed by atoms with Crippen LogP contribution in [0.3, 0.4) is 0 Å². The Morgan fingerprint density at radius 1 is 1.33 bits per heavy atom. The van der Waals surface area contributed by atoms with Gasteiger partial charge in [0.2, 0.25) is 0 Å². The Balaban J connectivity index is 2.03. The first-order chi connectivity index (χ1) is 9.92. The minimum absolute atomic E-state index is 0.0610. The number of hydrogen-bond acceptors (Lipinski definition) is 4. The van der Waals surface area contributed by atoms with Gasteiger partial charge >= 0.3 is 0 Å². The van der Waals surface area contributed by atoms with E-state index >= 15 is 0 Å². The fourth-order valence-corrected chi connectivity index (χ4v) is 3.40. The molecule has 0 bridgehead atoms. The van der Waals surface area contributed by atoms with Gasteiger partial charge in [0.1, 0.15) is 0 Å². The van der Waals surface area contributed by atoms with E-state index in [0.29, 0.717) is 11.6 Å². The van der Waals surface area contributed by atoms with Crippen LogP contribution in [0, 0.1) is 0 Å². The first-order valence-corrected chi connectivity index (χ1v) is 8.94.